The molecule has 1 aliphatic rings. The zero-order chi connectivity index (χ0) is 18.5. The predicted molar refractivity (Wildman–Crippen MR) is 112 cm³/mol. The molecule has 3 heterocycles. The highest BCUT2D eigenvalue weighted by Gasteiger charge is 2.18. The predicted octanol–water partition coefficient (Wildman–Crippen LogP) is 3.65. The lowest BCUT2D eigenvalue weighted by molar-refractivity contribution is -0.115. The first-order valence-corrected chi connectivity index (χ1v) is 9.99. The Morgan fingerprint density at radius 1 is 0.963 bits per heavy atom. The summed E-state index contributed by atoms with van der Waals surface area (Å²) in [5, 5.41) is 4.90. The molecule has 1 saturated heterocycles. The maximum absolute atomic E-state index is 12.1. The van der Waals surface area contributed by atoms with Crippen LogP contribution in [0.3, 0.4) is 0 Å². The highest BCUT2D eigenvalue weighted by molar-refractivity contribution is 7.10. The molecule has 0 aliphatic carbocycles. The van der Waals surface area contributed by atoms with Crippen LogP contribution in [0.1, 0.15) is 4.88 Å². The van der Waals surface area contributed by atoms with Gasteiger partial charge in [-0.25, -0.2) is 4.98 Å². The van der Waals surface area contributed by atoms with E-state index in [1.807, 2.05) is 35.7 Å². The molecule has 0 saturated carbocycles. The summed E-state index contributed by atoms with van der Waals surface area (Å²) in [4.78, 5) is 22.4. The van der Waals surface area contributed by atoms with Crippen LogP contribution < -0.4 is 15.1 Å². The molecule has 0 spiro atoms. The number of pyridine rings is 1. The van der Waals surface area contributed by atoms with Gasteiger partial charge in [0.25, 0.3) is 0 Å². The van der Waals surface area contributed by atoms with Crippen LogP contribution >= 0.6 is 11.3 Å². The van der Waals surface area contributed by atoms with Gasteiger partial charge < -0.3 is 15.1 Å². The van der Waals surface area contributed by atoms with Crippen molar-refractivity contribution in [1.29, 1.82) is 0 Å². The maximum atomic E-state index is 12.1. The highest BCUT2D eigenvalue weighted by Crippen LogP contribution is 2.20. The van der Waals surface area contributed by atoms with E-state index in [1.54, 1.807) is 17.5 Å². The number of nitrogens with one attached hydrogen (secondary N) is 1. The van der Waals surface area contributed by atoms with Gasteiger partial charge in [-0.2, -0.15) is 0 Å². The highest BCUT2D eigenvalue weighted by atomic mass is 32.1. The summed E-state index contributed by atoms with van der Waals surface area (Å²) in [6.45, 7) is 3.83. The Hall–Kier alpha value is -2.86. The van der Waals surface area contributed by atoms with Crippen LogP contribution in [-0.4, -0.2) is 37.1 Å². The van der Waals surface area contributed by atoms with Gasteiger partial charge >= 0.3 is 0 Å². The lowest BCUT2D eigenvalue weighted by Gasteiger charge is -2.36. The zero-order valence-electron chi connectivity index (χ0n) is 15.0. The number of rotatable bonds is 5. The first kappa shape index (κ1) is 17.5. The number of para-hydroxylation sites is 1. The van der Waals surface area contributed by atoms with Gasteiger partial charge in [-0.3, -0.25) is 4.79 Å². The fourth-order valence-electron chi connectivity index (χ4n) is 3.26. The topological polar surface area (TPSA) is 48.5 Å². The summed E-state index contributed by atoms with van der Waals surface area (Å²) in [6, 6.07) is 18.4. The maximum Gasteiger partial charge on any atom is 0.229 e. The number of aromatic nitrogens is 1. The SMILES string of the molecule is O=C(Cc1cccs1)Nc1ccc(N2CCN(c3ccccc3)CC2)nc1. The second kappa shape index (κ2) is 8.22. The average molecular weight is 379 g/mol. The van der Waals surface area contributed by atoms with Gasteiger partial charge in [0.2, 0.25) is 5.91 Å². The van der Waals surface area contributed by atoms with Gasteiger partial charge in [-0.15, -0.1) is 11.3 Å². The van der Waals surface area contributed by atoms with E-state index in [2.05, 4.69) is 44.4 Å². The Kier molecular flexibility index (Phi) is 5.34. The lowest BCUT2D eigenvalue weighted by Crippen LogP contribution is -2.46. The van der Waals surface area contributed by atoms with Crippen molar-refractivity contribution in [2.24, 2.45) is 0 Å². The fourth-order valence-corrected chi connectivity index (χ4v) is 3.96. The van der Waals surface area contributed by atoms with Gasteiger partial charge in [0.1, 0.15) is 5.82 Å². The monoisotopic (exact) mass is 378 g/mol. The van der Waals surface area contributed by atoms with Crippen molar-refractivity contribution < 1.29 is 4.79 Å². The largest absolute Gasteiger partial charge is 0.368 e. The summed E-state index contributed by atoms with van der Waals surface area (Å²) in [7, 11) is 0. The number of benzene rings is 1. The minimum absolute atomic E-state index is 0.0107. The normalized spacial score (nSPS) is 14.2. The van der Waals surface area contributed by atoms with Crippen molar-refractivity contribution in [3.8, 4) is 0 Å². The molecule has 1 N–H and O–H groups in total. The summed E-state index contributed by atoms with van der Waals surface area (Å²) in [5.74, 6) is 0.947. The van der Waals surface area contributed by atoms with Crippen LogP contribution in [0.25, 0.3) is 0 Å². The molecule has 1 aliphatic heterocycles. The molecular formula is C21H22N4OS. The van der Waals surface area contributed by atoms with E-state index in [0.717, 1.165) is 42.6 Å². The van der Waals surface area contributed by atoms with Crippen molar-refractivity contribution in [3.63, 3.8) is 0 Å². The molecule has 138 valence electrons. The fraction of sp³-hybridized carbons (Fsp3) is 0.238. The van der Waals surface area contributed by atoms with Gasteiger partial charge in [0, 0.05) is 36.7 Å². The molecule has 5 nitrogen and oxygen atoms in total. The van der Waals surface area contributed by atoms with E-state index < -0.39 is 0 Å². The van der Waals surface area contributed by atoms with Gasteiger partial charge in [0.05, 0.1) is 18.3 Å². The minimum atomic E-state index is -0.0107. The van der Waals surface area contributed by atoms with Gasteiger partial charge in [-0.1, -0.05) is 24.3 Å². The second-order valence-corrected chi connectivity index (χ2v) is 7.55. The standard InChI is InChI=1S/C21H22N4OS/c26-21(15-19-7-4-14-27-19)23-17-8-9-20(22-16-17)25-12-10-24(11-13-25)18-5-2-1-3-6-18/h1-9,14,16H,10-13,15H2,(H,23,26). The molecular weight excluding hydrogens is 356 g/mol. The number of thiophene rings is 1. The molecule has 27 heavy (non-hydrogen) atoms. The molecule has 0 bridgehead atoms. The molecule has 6 heteroatoms. The second-order valence-electron chi connectivity index (χ2n) is 6.52. The summed E-state index contributed by atoms with van der Waals surface area (Å²) in [6.07, 6.45) is 2.14. The third kappa shape index (κ3) is 4.46. The zero-order valence-corrected chi connectivity index (χ0v) is 15.9. The Labute approximate surface area is 163 Å². The Morgan fingerprint density at radius 2 is 1.74 bits per heavy atom. The summed E-state index contributed by atoms with van der Waals surface area (Å²) >= 11 is 1.59. The number of amides is 1. The molecule has 3 aromatic rings. The number of hydrogen-bond donors (Lipinski definition) is 1. The number of carbonyl (C=O) groups excluding carboxylic acids is 1. The first-order chi connectivity index (χ1) is 13.3. The number of anilines is 3. The van der Waals surface area contributed by atoms with Crippen LogP contribution in [0.4, 0.5) is 17.2 Å². The van der Waals surface area contributed by atoms with Crippen LogP contribution in [-0.2, 0) is 11.2 Å². The molecule has 1 amide bonds. The van der Waals surface area contributed by atoms with Crippen LogP contribution in [0.5, 0.6) is 0 Å². The third-order valence-electron chi connectivity index (χ3n) is 4.67. The third-order valence-corrected chi connectivity index (χ3v) is 5.55. The molecule has 0 unspecified atom stereocenters. The van der Waals surface area contributed by atoms with Gasteiger partial charge in [0.15, 0.2) is 0 Å². The summed E-state index contributed by atoms with van der Waals surface area (Å²) < 4.78 is 0. The lowest BCUT2D eigenvalue weighted by atomic mass is 10.2. The minimum Gasteiger partial charge on any atom is -0.368 e. The van der Waals surface area contributed by atoms with Crippen LogP contribution in [0.15, 0.2) is 66.2 Å². The van der Waals surface area contributed by atoms with Crippen LogP contribution in [0, 0.1) is 0 Å². The molecule has 0 radical (unpaired) electrons. The van der Waals surface area contributed by atoms with Crippen molar-refractivity contribution in [1.82, 2.24) is 4.98 Å². The van der Waals surface area contributed by atoms with E-state index in [1.165, 1.54) is 5.69 Å². The first-order valence-electron chi connectivity index (χ1n) is 9.11. The Morgan fingerprint density at radius 3 is 2.41 bits per heavy atom. The molecule has 2 aromatic heterocycles. The molecule has 1 aromatic carbocycles. The number of piperazine rings is 1. The Bertz CT molecular complexity index is 857. The molecule has 1 fully saturated rings. The number of carbonyl (C=O) groups is 1. The van der Waals surface area contributed by atoms with E-state index in [9.17, 15) is 4.79 Å². The number of hydrogen-bond acceptors (Lipinski definition) is 5. The van der Waals surface area contributed by atoms with E-state index in [-0.39, 0.29) is 5.91 Å². The summed E-state index contributed by atoms with van der Waals surface area (Å²) in [5.41, 5.74) is 2.01. The Balaban J connectivity index is 1.31. The van der Waals surface area contributed by atoms with Crippen LogP contribution in [0.2, 0.25) is 0 Å². The quantitative estimate of drug-likeness (QED) is 0.736. The van der Waals surface area contributed by atoms with Crippen molar-refractivity contribution >= 4 is 34.4 Å². The number of nitrogens with zero attached hydrogens (tertiary/aromatic N) is 3. The van der Waals surface area contributed by atoms with E-state index in [4.69, 9.17) is 0 Å². The molecule has 4 rings (SSSR count). The van der Waals surface area contributed by atoms with Crippen molar-refractivity contribution in [2.45, 2.75) is 6.42 Å². The van der Waals surface area contributed by atoms with E-state index >= 15 is 0 Å². The van der Waals surface area contributed by atoms with E-state index in [0.29, 0.717) is 6.42 Å². The van der Waals surface area contributed by atoms with Crippen molar-refractivity contribution in [2.75, 3.05) is 41.3 Å². The van der Waals surface area contributed by atoms with Crippen molar-refractivity contribution in [3.05, 3.63) is 71.1 Å². The van der Waals surface area contributed by atoms with Gasteiger partial charge in [-0.05, 0) is 35.7 Å². The average Bonchev–Trinajstić information content (AvgIpc) is 3.22. The smallest absolute Gasteiger partial charge is 0.229 e. The molecule has 0 atom stereocenters.